The third-order valence-electron chi connectivity index (χ3n) is 4.72. The number of para-hydroxylation sites is 1. The highest BCUT2D eigenvalue weighted by Crippen LogP contribution is 2.11. The van der Waals surface area contributed by atoms with Crippen molar-refractivity contribution < 1.29 is 19.1 Å². The predicted octanol–water partition coefficient (Wildman–Crippen LogP) is 2.16. The minimum atomic E-state index is -0.464. The van der Waals surface area contributed by atoms with E-state index >= 15 is 0 Å². The predicted molar refractivity (Wildman–Crippen MR) is 116 cm³/mol. The van der Waals surface area contributed by atoms with E-state index in [1.54, 1.807) is 25.3 Å². The number of aromatic nitrogens is 2. The first-order valence-corrected chi connectivity index (χ1v) is 10.1. The number of H-pyrrole nitrogens is 1. The molecule has 0 bridgehead atoms. The number of ether oxygens (including phenoxy) is 2. The molecule has 0 atom stereocenters. The summed E-state index contributed by atoms with van der Waals surface area (Å²) in [5.74, 6) is 0.492. The molecule has 3 rings (SSSR count). The maximum absolute atomic E-state index is 12.0. The zero-order chi connectivity index (χ0) is 22.1. The summed E-state index contributed by atoms with van der Waals surface area (Å²) in [6.07, 6.45) is 1.69. The van der Waals surface area contributed by atoms with Gasteiger partial charge < -0.3 is 19.8 Å². The van der Waals surface area contributed by atoms with Crippen LogP contribution in [0.2, 0.25) is 0 Å². The van der Waals surface area contributed by atoms with Crippen LogP contribution in [0.4, 0.5) is 0 Å². The van der Waals surface area contributed by atoms with Crippen LogP contribution < -0.4 is 15.6 Å². The fraction of sp³-hybridized carbons (Fsp3) is 0.304. The number of hydrogen-bond donors (Lipinski definition) is 2. The second kappa shape index (κ2) is 10.9. The molecule has 1 amide bonds. The lowest BCUT2D eigenvalue weighted by molar-refractivity contribution is -0.148. The highest BCUT2D eigenvalue weighted by Gasteiger charge is 2.09. The Bertz CT molecular complexity index is 1090. The summed E-state index contributed by atoms with van der Waals surface area (Å²) in [7, 11) is 1.61. The van der Waals surface area contributed by atoms with Crippen molar-refractivity contribution in [2.75, 3.05) is 20.3 Å². The molecule has 0 fully saturated rings. The molecule has 0 aliphatic carbocycles. The van der Waals surface area contributed by atoms with Crippen molar-refractivity contribution in [3.05, 3.63) is 70.3 Å². The first-order valence-electron chi connectivity index (χ1n) is 10.1. The average molecular weight is 423 g/mol. The van der Waals surface area contributed by atoms with Crippen molar-refractivity contribution in [2.24, 2.45) is 0 Å². The summed E-state index contributed by atoms with van der Waals surface area (Å²) in [5.41, 5.74) is 1.49. The Morgan fingerprint density at radius 1 is 1.06 bits per heavy atom. The van der Waals surface area contributed by atoms with Crippen LogP contribution >= 0.6 is 0 Å². The number of nitrogens with zero attached hydrogens (tertiary/aromatic N) is 1. The summed E-state index contributed by atoms with van der Waals surface area (Å²) in [6, 6.07) is 14.7. The highest BCUT2D eigenvalue weighted by atomic mass is 16.5. The number of amides is 1. The van der Waals surface area contributed by atoms with Crippen molar-refractivity contribution in [3.8, 4) is 5.75 Å². The second-order valence-corrected chi connectivity index (χ2v) is 6.99. The fourth-order valence-corrected chi connectivity index (χ4v) is 3.06. The van der Waals surface area contributed by atoms with Crippen LogP contribution in [0.5, 0.6) is 5.75 Å². The molecule has 31 heavy (non-hydrogen) atoms. The Morgan fingerprint density at radius 3 is 2.61 bits per heavy atom. The molecule has 8 nitrogen and oxygen atoms in total. The van der Waals surface area contributed by atoms with Crippen LogP contribution in [-0.4, -0.2) is 42.1 Å². The van der Waals surface area contributed by atoms with E-state index in [0.29, 0.717) is 42.5 Å². The van der Waals surface area contributed by atoms with Gasteiger partial charge in [-0.25, -0.2) is 4.98 Å². The second-order valence-electron chi connectivity index (χ2n) is 6.99. The average Bonchev–Trinajstić information content (AvgIpc) is 2.78. The Balaban J connectivity index is 1.33. The van der Waals surface area contributed by atoms with Crippen LogP contribution in [0.15, 0.2) is 53.3 Å². The van der Waals surface area contributed by atoms with Crippen molar-refractivity contribution in [1.29, 1.82) is 0 Å². The van der Waals surface area contributed by atoms with Gasteiger partial charge in [0.25, 0.3) is 11.5 Å². The SMILES string of the molecule is COc1ccc(CCNC(=O)COC(=O)CCCc2nc3ccccc3c(=O)[nH]2)cc1. The number of fused-ring (bicyclic) bond motifs is 1. The van der Waals surface area contributed by atoms with Crippen molar-refractivity contribution in [3.63, 3.8) is 0 Å². The first-order chi connectivity index (χ1) is 15.0. The zero-order valence-electron chi connectivity index (χ0n) is 17.3. The number of aryl methyl sites for hydroxylation is 1. The Morgan fingerprint density at radius 2 is 1.84 bits per heavy atom. The normalized spacial score (nSPS) is 10.6. The van der Waals surface area contributed by atoms with Crippen LogP contribution in [0.1, 0.15) is 24.2 Å². The summed E-state index contributed by atoms with van der Waals surface area (Å²) in [5, 5.41) is 3.25. The van der Waals surface area contributed by atoms with E-state index in [2.05, 4.69) is 15.3 Å². The van der Waals surface area contributed by atoms with Gasteiger partial charge in [-0.1, -0.05) is 24.3 Å². The van der Waals surface area contributed by atoms with E-state index in [1.807, 2.05) is 30.3 Å². The van der Waals surface area contributed by atoms with E-state index < -0.39 is 5.97 Å². The summed E-state index contributed by atoms with van der Waals surface area (Å²) in [6.45, 7) is 0.135. The van der Waals surface area contributed by atoms with Crippen molar-refractivity contribution in [2.45, 2.75) is 25.7 Å². The van der Waals surface area contributed by atoms with Gasteiger partial charge in [0.1, 0.15) is 11.6 Å². The molecule has 3 aromatic rings. The van der Waals surface area contributed by atoms with Crippen LogP contribution in [-0.2, 0) is 27.2 Å². The van der Waals surface area contributed by atoms with E-state index in [0.717, 1.165) is 11.3 Å². The van der Waals surface area contributed by atoms with Gasteiger partial charge in [0, 0.05) is 19.4 Å². The van der Waals surface area contributed by atoms with Crippen LogP contribution in [0.3, 0.4) is 0 Å². The largest absolute Gasteiger partial charge is 0.497 e. The van der Waals surface area contributed by atoms with Gasteiger partial charge in [-0.05, 0) is 42.7 Å². The van der Waals surface area contributed by atoms with E-state index in [-0.39, 0.29) is 24.5 Å². The molecule has 0 radical (unpaired) electrons. The maximum Gasteiger partial charge on any atom is 0.306 e. The van der Waals surface area contributed by atoms with Crippen LogP contribution in [0, 0.1) is 0 Å². The Hall–Kier alpha value is -3.68. The van der Waals surface area contributed by atoms with E-state index in [1.165, 1.54) is 0 Å². The zero-order valence-corrected chi connectivity index (χ0v) is 17.3. The third-order valence-corrected chi connectivity index (χ3v) is 4.72. The van der Waals surface area contributed by atoms with E-state index in [9.17, 15) is 14.4 Å². The molecular weight excluding hydrogens is 398 g/mol. The van der Waals surface area contributed by atoms with Gasteiger partial charge in [0.15, 0.2) is 6.61 Å². The molecule has 0 saturated heterocycles. The lowest BCUT2D eigenvalue weighted by atomic mass is 10.1. The van der Waals surface area contributed by atoms with Gasteiger partial charge in [-0.15, -0.1) is 0 Å². The van der Waals surface area contributed by atoms with Crippen LogP contribution in [0.25, 0.3) is 10.9 Å². The molecule has 0 aliphatic rings. The number of carbonyl (C=O) groups is 2. The molecule has 2 N–H and O–H groups in total. The van der Waals surface area contributed by atoms with Gasteiger partial charge in [0.2, 0.25) is 0 Å². The number of carbonyl (C=O) groups excluding carboxylic acids is 2. The summed E-state index contributed by atoms with van der Waals surface area (Å²) >= 11 is 0. The first kappa shape index (κ1) is 22.0. The lowest BCUT2D eigenvalue weighted by Crippen LogP contribution is -2.30. The molecular formula is C23H25N3O5. The molecule has 0 saturated carbocycles. The molecule has 0 unspecified atom stereocenters. The topological polar surface area (TPSA) is 110 Å². The minimum absolute atomic E-state index is 0.135. The molecule has 0 spiro atoms. The van der Waals surface area contributed by atoms with Gasteiger partial charge in [-0.3, -0.25) is 14.4 Å². The standard InChI is InChI=1S/C23H25N3O5/c1-30-17-11-9-16(10-12-17)13-14-24-21(27)15-31-22(28)8-4-7-20-25-19-6-3-2-5-18(19)23(29)26-20/h2-3,5-6,9-12H,4,7-8,13-15H2,1H3,(H,24,27)(H,25,26,29). The number of hydrogen-bond acceptors (Lipinski definition) is 6. The number of rotatable bonds is 10. The number of aromatic amines is 1. The monoisotopic (exact) mass is 423 g/mol. The van der Waals surface area contributed by atoms with Gasteiger partial charge in [-0.2, -0.15) is 0 Å². The Kier molecular flexibility index (Phi) is 7.75. The van der Waals surface area contributed by atoms with Gasteiger partial charge >= 0.3 is 5.97 Å². The smallest absolute Gasteiger partial charge is 0.306 e. The summed E-state index contributed by atoms with van der Waals surface area (Å²) in [4.78, 5) is 42.9. The third kappa shape index (κ3) is 6.67. The summed E-state index contributed by atoms with van der Waals surface area (Å²) < 4.78 is 10.1. The quantitative estimate of drug-likeness (QED) is 0.484. The number of esters is 1. The lowest BCUT2D eigenvalue weighted by Gasteiger charge is -2.07. The minimum Gasteiger partial charge on any atom is -0.497 e. The highest BCUT2D eigenvalue weighted by molar-refractivity contribution is 5.80. The molecule has 0 aliphatic heterocycles. The maximum atomic E-state index is 12.0. The van der Waals surface area contributed by atoms with Crippen molar-refractivity contribution >= 4 is 22.8 Å². The molecule has 2 aromatic carbocycles. The molecule has 1 aromatic heterocycles. The number of nitrogens with one attached hydrogen (secondary N) is 2. The number of methoxy groups -OCH3 is 1. The van der Waals surface area contributed by atoms with E-state index in [4.69, 9.17) is 9.47 Å². The Labute approximate surface area is 179 Å². The molecule has 8 heteroatoms. The fourth-order valence-electron chi connectivity index (χ4n) is 3.06. The van der Waals surface area contributed by atoms with Crippen molar-refractivity contribution in [1.82, 2.24) is 15.3 Å². The molecule has 162 valence electrons. The molecule has 1 heterocycles. The number of benzene rings is 2. The van der Waals surface area contributed by atoms with Gasteiger partial charge in [0.05, 0.1) is 18.0 Å².